The van der Waals surface area contributed by atoms with E-state index in [-0.39, 0.29) is 11.5 Å². The number of aliphatic hydroxyl groups excluding tert-OH is 2. The van der Waals surface area contributed by atoms with Crippen molar-refractivity contribution in [1.29, 1.82) is 0 Å². The van der Waals surface area contributed by atoms with Crippen LogP contribution in [-0.4, -0.2) is 34.5 Å². The Morgan fingerprint density at radius 2 is 2.08 bits per heavy atom. The van der Waals surface area contributed by atoms with E-state index in [2.05, 4.69) is 11.2 Å². The van der Waals surface area contributed by atoms with Crippen LogP contribution >= 0.6 is 0 Å². The smallest absolute Gasteiger partial charge is 0.0966 e. The highest BCUT2D eigenvalue weighted by Gasteiger charge is 2.55. The molecular formula is C9H13NO2. The molecule has 1 spiro atoms. The molecule has 0 aromatic carbocycles. The summed E-state index contributed by atoms with van der Waals surface area (Å²) < 4.78 is 0. The predicted octanol–water partition coefficient (Wildman–Crippen LogP) is -0.907. The van der Waals surface area contributed by atoms with Gasteiger partial charge < -0.3 is 15.5 Å². The molecule has 0 amide bonds. The van der Waals surface area contributed by atoms with Crippen molar-refractivity contribution in [3.05, 3.63) is 0 Å². The zero-order valence-electron chi connectivity index (χ0n) is 6.83. The van der Waals surface area contributed by atoms with E-state index in [0.29, 0.717) is 6.54 Å². The summed E-state index contributed by atoms with van der Waals surface area (Å²) in [7, 11) is 0. The van der Waals surface area contributed by atoms with E-state index in [1.54, 1.807) is 0 Å². The molecule has 1 saturated heterocycles. The second-order valence-electron chi connectivity index (χ2n) is 3.74. The number of hydrogen-bond acceptors (Lipinski definition) is 3. The van der Waals surface area contributed by atoms with Gasteiger partial charge in [0.2, 0.25) is 0 Å². The lowest BCUT2D eigenvalue weighted by atomic mass is 9.85. The molecule has 2 rings (SSSR count). The number of nitrogens with one attached hydrogen (secondary N) is 1. The first-order chi connectivity index (χ1) is 5.69. The summed E-state index contributed by atoms with van der Waals surface area (Å²) in [5.74, 6) is 2.34. The van der Waals surface area contributed by atoms with E-state index in [1.165, 1.54) is 0 Å². The van der Waals surface area contributed by atoms with Crippen LogP contribution in [0.25, 0.3) is 0 Å². The van der Waals surface area contributed by atoms with Crippen LogP contribution in [0.1, 0.15) is 12.8 Å². The van der Waals surface area contributed by atoms with E-state index in [1.807, 2.05) is 0 Å². The molecule has 1 aliphatic heterocycles. The standard InChI is InChI=1S/C9H13NO2/c1-2-6-8(12)7(11)5-10-9(6)3-4-9/h1,6-8,10-12H,3-5H2/t6-,7-,8-/m1/s1. The zero-order chi connectivity index (χ0) is 8.77. The Bertz CT molecular complexity index is 229. The molecule has 3 atom stereocenters. The van der Waals surface area contributed by atoms with Crippen molar-refractivity contribution in [3.8, 4) is 12.3 Å². The molecule has 2 aliphatic rings. The lowest BCUT2D eigenvalue weighted by Crippen LogP contribution is -2.57. The topological polar surface area (TPSA) is 52.5 Å². The Hall–Kier alpha value is -0.560. The van der Waals surface area contributed by atoms with Gasteiger partial charge in [-0.15, -0.1) is 6.42 Å². The molecule has 0 bridgehead atoms. The minimum absolute atomic E-state index is 0.0482. The summed E-state index contributed by atoms with van der Waals surface area (Å²) >= 11 is 0. The zero-order valence-corrected chi connectivity index (χ0v) is 6.83. The molecule has 2 fully saturated rings. The quantitative estimate of drug-likeness (QED) is 0.410. The van der Waals surface area contributed by atoms with Gasteiger partial charge >= 0.3 is 0 Å². The van der Waals surface area contributed by atoms with Crippen LogP contribution < -0.4 is 5.32 Å². The fourth-order valence-corrected chi connectivity index (χ4v) is 1.97. The van der Waals surface area contributed by atoms with Crippen LogP contribution in [-0.2, 0) is 0 Å². The Morgan fingerprint density at radius 1 is 1.42 bits per heavy atom. The second-order valence-corrected chi connectivity index (χ2v) is 3.74. The van der Waals surface area contributed by atoms with Crippen LogP contribution in [0.4, 0.5) is 0 Å². The maximum Gasteiger partial charge on any atom is 0.0966 e. The van der Waals surface area contributed by atoms with Gasteiger partial charge in [0.15, 0.2) is 0 Å². The van der Waals surface area contributed by atoms with Gasteiger partial charge in [-0.2, -0.15) is 0 Å². The molecule has 0 radical (unpaired) electrons. The number of aliphatic hydroxyl groups is 2. The number of piperidine rings is 1. The largest absolute Gasteiger partial charge is 0.389 e. The van der Waals surface area contributed by atoms with Gasteiger partial charge in [-0.1, -0.05) is 5.92 Å². The van der Waals surface area contributed by atoms with Crippen molar-refractivity contribution in [2.24, 2.45) is 5.92 Å². The molecule has 0 unspecified atom stereocenters. The van der Waals surface area contributed by atoms with Crippen molar-refractivity contribution in [1.82, 2.24) is 5.32 Å². The Kier molecular flexibility index (Phi) is 1.65. The van der Waals surface area contributed by atoms with Crippen molar-refractivity contribution in [3.63, 3.8) is 0 Å². The Balaban J connectivity index is 2.17. The molecule has 66 valence electrons. The fourth-order valence-electron chi connectivity index (χ4n) is 1.97. The number of hydrogen-bond donors (Lipinski definition) is 3. The number of terminal acetylenes is 1. The van der Waals surface area contributed by atoms with E-state index in [9.17, 15) is 10.2 Å². The first-order valence-electron chi connectivity index (χ1n) is 4.27. The van der Waals surface area contributed by atoms with Gasteiger partial charge in [-0.3, -0.25) is 0 Å². The second kappa shape index (κ2) is 2.46. The fraction of sp³-hybridized carbons (Fsp3) is 0.778. The highest BCUT2D eigenvalue weighted by molar-refractivity contribution is 5.21. The van der Waals surface area contributed by atoms with Crippen LogP contribution in [0.3, 0.4) is 0 Å². The van der Waals surface area contributed by atoms with Crippen LogP contribution in [0.2, 0.25) is 0 Å². The number of rotatable bonds is 0. The molecule has 1 saturated carbocycles. The van der Waals surface area contributed by atoms with Gasteiger partial charge in [0, 0.05) is 12.1 Å². The van der Waals surface area contributed by atoms with Gasteiger partial charge in [0.1, 0.15) is 0 Å². The monoisotopic (exact) mass is 167 g/mol. The highest BCUT2D eigenvalue weighted by Crippen LogP contribution is 2.45. The lowest BCUT2D eigenvalue weighted by Gasteiger charge is -2.36. The lowest BCUT2D eigenvalue weighted by molar-refractivity contribution is -0.0392. The van der Waals surface area contributed by atoms with Crippen molar-refractivity contribution >= 4 is 0 Å². The van der Waals surface area contributed by atoms with Crippen molar-refractivity contribution in [2.45, 2.75) is 30.6 Å². The summed E-state index contributed by atoms with van der Waals surface area (Å²) in [4.78, 5) is 0. The first kappa shape index (κ1) is 8.06. The van der Waals surface area contributed by atoms with Gasteiger partial charge in [-0.05, 0) is 12.8 Å². The van der Waals surface area contributed by atoms with Crippen LogP contribution in [0.5, 0.6) is 0 Å². The summed E-state index contributed by atoms with van der Waals surface area (Å²) in [5.41, 5.74) is -0.0482. The Morgan fingerprint density at radius 3 is 2.58 bits per heavy atom. The van der Waals surface area contributed by atoms with E-state index >= 15 is 0 Å². The molecule has 1 heterocycles. The third-order valence-electron chi connectivity index (χ3n) is 2.96. The maximum atomic E-state index is 9.58. The molecular weight excluding hydrogens is 154 g/mol. The van der Waals surface area contributed by atoms with Gasteiger partial charge in [0.05, 0.1) is 18.1 Å². The molecule has 3 nitrogen and oxygen atoms in total. The van der Waals surface area contributed by atoms with Crippen LogP contribution in [0.15, 0.2) is 0 Å². The van der Waals surface area contributed by atoms with E-state index in [0.717, 1.165) is 12.8 Å². The minimum Gasteiger partial charge on any atom is -0.389 e. The molecule has 12 heavy (non-hydrogen) atoms. The molecule has 3 heteroatoms. The average Bonchev–Trinajstić information content (AvgIpc) is 2.81. The first-order valence-corrected chi connectivity index (χ1v) is 4.27. The maximum absolute atomic E-state index is 9.58. The minimum atomic E-state index is -0.751. The Labute approximate surface area is 71.8 Å². The van der Waals surface area contributed by atoms with Gasteiger partial charge in [0.25, 0.3) is 0 Å². The van der Waals surface area contributed by atoms with E-state index < -0.39 is 12.2 Å². The normalized spacial score (nSPS) is 43.9. The summed E-state index contributed by atoms with van der Waals surface area (Å²) in [6.07, 6.45) is 5.89. The van der Waals surface area contributed by atoms with Gasteiger partial charge in [-0.25, -0.2) is 0 Å². The molecule has 3 N–H and O–H groups in total. The van der Waals surface area contributed by atoms with E-state index in [4.69, 9.17) is 6.42 Å². The molecule has 0 aromatic heterocycles. The van der Waals surface area contributed by atoms with Crippen molar-refractivity contribution < 1.29 is 10.2 Å². The van der Waals surface area contributed by atoms with Crippen LogP contribution in [0, 0.1) is 18.3 Å². The van der Waals surface area contributed by atoms with Crippen molar-refractivity contribution in [2.75, 3.05) is 6.54 Å². The summed E-state index contributed by atoms with van der Waals surface area (Å²) in [6, 6.07) is 0. The number of β-amino-alcohol motifs (C(OH)–C–C–N with tert-alkyl or cyclic N) is 1. The predicted molar refractivity (Wildman–Crippen MR) is 44.3 cm³/mol. The third-order valence-corrected chi connectivity index (χ3v) is 2.96. The summed E-state index contributed by atoms with van der Waals surface area (Å²) in [5, 5.41) is 22.1. The third kappa shape index (κ3) is 0.962. The summed E-state index contributed by atoms with van der Waals surface area (Å²) in [6.45, 7) is 0.458. The molecule has 0 aromatic rings. The average molecular weight is 167 g/mol. The highest BCUT2D eigenvalue weighted by atomic mass is 16.3. The SMILES string of the molecule is C#C[C@@H]1[C@@H](O)[C@H](O)CNC12CC2. The molecule has 1 aliphatic carbocycles.